The maximum atomic E-state index is 12.3. The first-order valence-electron chi connectivity index (χ1n) is 10.5. The van der Waals surface area contributed by atoms with Crippen molar-refractivity contribution in [2.24, 2.45) is 5.92 Å². The number of carbonyl (C=O) groups is 1. The van der Waals surface area contributed by atoms with E-state index in [1.54, 1.807) is 5.57 Å². The second-order valence-electron chi connectivity index (χ2n) is 8.31. The largest absolute Gasteiger partial charge is 0.356 e. The predicted octanol–water partition coefficient (Wildman–Crippen LogP) is 3.29. The number of hydrogen-bond acceptors (Lipinski definition) is 3. The molecule has 1 aromatic carbocycles. The van der Waals surface area contributed by atoms with Crippen LogP contribution in [0, 0.1) is 19.8 Å². The van der Waals surface area contributed by atoms with Crippen LogP contribution in [0.3, 0.4) is 0 Å². The van der Waals surface area contributed by atoms with Gasteiger partial charge < -0.3 is 15.5 Å². The molecule has 0 radical (unpaired) electrons. The zero-order valence-corrected chi connectivity index (χ0v) is 17.2. The second-order valence-corrected chi connectivity index (χ2v) is 8.31. The van der Waals surface area contributed by atoms with E-state index < -0.39 is 0 Å². The lowest BCUT2D eigenvalue weighted by atomic mass is 9.88. The molecule has 1 aromatic rings. The molecule has 0 bridgehead atoms. The van der Waals surface area contributed by atoms with Gasteiger partial charge in [0.25, 0.3) is 0 Å². The lowest BCUT2D eigenvalue weighted by Gasteiger charge is -2.29. The molecule has 1 amide bonds. The molecule has 27 heavy (non-hydrogen) atoms. The number of piperidine rings is 1. The van der Waals surface area contributed by atoms with Gasteiger partial charge in [0.15, 0.2) is 0 Å². The summed E-state index contributed by atoms with van der Waals surface area (Å²) in [5, 5.41) is 6.50. The molecule has 0 atom stereocenters. The number of likely N-dealkylation sites (N-methyl/N-ethyl adjacent to an activating group) is 1. The van der Waals surface area contributed by atoms with Crippen molar-refractivity contribution in [2.45, 2.75) is 46.0 Å². The lowest BCUT2D eigenvalue weighted by Crippen LogP contribution is -2.38. The van der Waals surface area contributed by atoms with E-state index in [9.17, 15) is 4.79 Å². The molecule has 0 spiro atoms. The van der Waals surface area contributed by atoms with Crippen LogP contribution >= 0.6 is 0 Å². The van der Waals surface area contributed by atoms with Crippen molar-refractivity contribution in [1.29, 1.82) is 0 Å². The van der Waals surface area contributed by atoms with Gasteiger partial charge in [-0.2, -0.15) is 0 Å². The maximum absolute atomic E-state index is 12.3. The van der Waals surface area contributed by atoms with Crippen LogP contribution in [0.4, 0.5) is 0 Å². The topological polar surface area (TPSA) is 44.4 Å². The van der Waals surface area contributed by atoms with Crippen molar-refractivity contribution in [3.8, 4) is 0 Å². The van der Waals surface area contributed by atoms with Crippen LogP contribution in [0.1, 0.15) is 48.8 Å². The highest BCUT2D eigenvalue weighted by Gasteiger charge is 2.21. The standard InChI is InChI=1S/C23H35N3O/c1-17-6-7-18(2)21(15-17)22-16-26(3)14-10-19(22)5-4-11-25-23(27)20-8-12-24-13-9-20/h6-7,15,20,24H,4-5,8-14,16H2,1-3H3,(H,25,27). The van der Waals surface area contributed by atoms with Crippen LogP contribution in [0.25, 0.3) is 5.57 Å². The van der Waals surface area contributed by atoms with E-state index in [4.69, 9.17) is 0 Å². The van der Waals surface area contributed by atoms with Gasteiger partial charge in [0.1, 0.15) is 0 Å². The van der Waals surface area contributed by atoms with Crippen molar-refractivity contribution in [1.82, 2.24) is 15.5 Å². The molecule has 0 aromatic heterocycles. The number of benzene rings is 1. The Kier molecular flexibility index (Phi) is 7.08. The molecule has 0 aliphatic carbocycles. The van der Waals surface area contributed by atoms with Gasteiger partial charge in [0, 0.05) is 25.6 Å². The summed E-state index contributed by atoms with van der Waals surface area (Å²) in [6.45, 7) is 9.28. The number of hydrogen-bond donors (Lipinski definition) is 2. The zero-order chi connectivity index (χ0) is 19.2. The fourth-order valence-electron chi connectivity index (χ4n) is 4.29. The fraction of sp³-hybridized carbons (Fsp3) is 0.609. The number of aryl methyl sites for hydroxylation is 2. The Bertz CT molecular complexity index is 689. The Hall–Kier alpha value is -1.65. The van der Waals surface area contributed by atoms with Gasteiger partial charge >= 0.3 is 0 Å². The van der Waals surface area contributed by atoms with E-state index in [-0.39, 0.29) is 11.8 Å². The van der Waals surface area contributed by atoms with Gasteiger partial charge in [0.2, 0.25) is 5.91 Å². The molecule has 2 aliphatic rings. The van der Waals surface area contributed by atoms with E-state index in [0.717, 1.165) is 64.8 Å². The third kappa shape index (κ3) is 5.43. The smallest absolute Gasteiger partial charge is 0.223 e. The molecular formula is C23H35N3O. The Balaban J connectivity index is 1.60. The first-order chi connectivity index (χ1) is 13.0. The summed E-state index contributed by atoms with van der Waals surface area (Å²) in [5.41, 5.74) is 7.19. The highest BCUT2D eigenvalue weighted by atomic mass is 16.1. The van der Waals surface area contributed by atoms with Crippen molar-refractivity contribution >= 4 is 11.5 Å². The molecule has 1 fully saturated rings. The number of nitrogens with zero attached hydrogens (tertiary/aromatic N) is 1. The normalized spacial score (nSPS) is 19.4. The van der Waals surface area contributed by atoms with Crippen molar-refractivity contribution < 1.29 is 4.79 Å². The summed E-state index contributed by atoms with van der Waals surface area (Å²) in [6, 6.07) is 6.77. The van der Waals surface area contributed by atoms with Crippen LogP contribution in [0.5, 0.6) is 0 Å². The Labute approximate surface area is 164 Å². The summed E-state index contributed by atoms with van der Waals surface area (Å²) in [7, 11) is 2.21. The molecule has 2 heterocycles. The van der Waals surface area contributed by atoms with E-state index in [1.807, 2.05) is 0 Å². The minimum atomic E-state index is 0.208. The van der Waals surface area contributed by atoms with Gasteiger partial charge in [-0.25, -0.2) is 0 Å². The molecule has 4 nitrogen and oxygen atoms in total. The number of nitrogens with one attached hydrogen (secondary N) is 2. The SMILES string of the molecule is Cc1ccc(C)c(C2=C(CCCNC(=O)C3CCNCC3)CCN(C)C2)c1. The van der Waals surface area contributed by atoms with Crippen molar-refractivity contribution in [2.75, 3.05) is 39.8 Å². The highest BCUT2D eigenvalue weighted by Crippen LogP contribution is 2.31. The number of amides is 1. The second kappa shape index (κ2) is 9.52. The Morgan fingerprint density at radius 3 is 2.81 bits per heavy atom. The molecule has 2 aliphatic heterocycles. The minimum absolute atomic E-state index is 0.208. The average Bonchev–Trinajstić information content (AvgIpc) is 2.68. The van der Waals surface area contributed by atoms with Crippen LogP contribution in [-0.2, 0) is 4.79 Å². The Morgan fingerprint density at radius 2 is 2.04 bits per heavy atom. The molecular weight excluding hydrogens is 334 g/mol. The first kappa shape index (κ1) is 20.1. The third-order valence-electron chi connectivity index (χ3n) is 6.03. The van der Waals surface area contributed by atoms with Crippen LogP contribution in [0.15, 0.2) is 23.8 Å². The highest BCUT2D eigenvalue weighted by molar-refractivity contribution is 5.78. The monoisotopic (exact) mass is 369 g/mol. The quantitative estimate of drug-likeness (QED) is 0.757. The van der Waals surface area contributed by atoms with Crippen molar-refractivity contribution in [3.63, 3.8) is 0 Å². The van der Waals surface area contributed by atoms with Gasteiger partial charge in [-0.15, -0.1) is 0 Å². The fourth-order valence-corrected chi connectivity index (χ4v) is 4.29. The summed E-state index contributed by atoms with van der Waals surface area (Å²) < 4.78 is 0. The summed E-state index contributed by atoms with van der Waals surface area (Å²) in [4.78, 5) is 14.7. The number of rotatable bonds is 6. The summed E-state index contributed by atoms with van der Waals surface area (Å²) in [5.74, 6) is 0.461. The molecule has 148 valence electrons. The lowest BCUT2D eigenvalue weighted by molar-refractivity contribution is -0.125. The molecule has 1 saturated heterocycles. The molecule has 4 heteroatoms. The molecule has 2 N–H and O–H groups in total. The van der Waals surface area contributed by atoms with Gasteiger partial charge in [-0.1, -0.05) is 29.3 Å². The number of carbonyl (C=O) groups excluding carboxylic acids is 1. The summed E-state index contributed by atoms with van der Waals surface area (Å²) in [6.07, 6.45) is 5.20. The van der Waals surface area contributed by atoms with E-state index in [0.29, 0.717) is 0 Å². The van der Waals surface area contributed by atoms with E-state index in [1.165, 1.54) is 22.3 Å². The van der Waals surface area contributed by atoms with E-state index in [2.05, 4.69) is 54.6 Å². The van der Waals surface area contributed by atoms with Crippen molar-refractivity contribution in [3.05, 3.63) is 40.5 Å². The maximum Gasteiger partial charge on any atom is 0.223 e. The van der Waals surface area contributed by atoms with Crippen LogP contribution in [-0.4, -0.2) is 50.6 Å². The summed E-state index contributed by atoms with van der Waals surface area (Å²) >= 11 is 0. The van der Waals surface area contributed by atoms with Gasteiger partial charge in [-0.05, 0) is 82.8 Å². The zero-order valence-electron chi connectivity index (χ0n) is 17.2. The average molecular weight is 370 g/mol. The third-order valence-corrected chi connectivity index (χ3v) is 6.03. The molecule has 0 saturated carbocycles. The van der Waals surface area contributed by atoms with Crippen LogP contribution < -0.4 is 10.6 Å². The van der Waals surface area contributed by atoms with Gasteiger partial charge in [0.05, 0.1) is 0 Å². The predicted molar refractivity (Wildman–Crippen MR) is 113 cm³/mol. The van der Waals surface area contributed by atoms with Gasteiger partial charge in [-0.3, -0.25) is 4.79 Å². The van der Waals surface area contributed by atoms with Crippen LogP contribution in [0.2, 0.25) is 0 Å². The first-order valence-corrected chi connectivity index (χ1v) is 10.5. The molecule has 0 unspecified atom stereocenters. The minimum Gasteiger partial charge on any atom is -0.356 e. The Morgan fingerprint density at radius 1 is 1.26 bits per heavy atom. The van der Waals surface area contributed by atoms with E-state index >= 15 is 0 Å². The molecule has 3 rings (SSSR count).